The number of carbonyl (C=O) groups excluding carboxylic acids is 1. The van der Waals surface area contributed by atoms with Crippen LogP contribution in [-0.2, 0) is 0 Å². The van der Waals surface area contributed by atoms with Crippen LogP contribution < -0.4 is 0 Å². The molecule has 1 aliphatic carbocycles. The molecule has 0 aromatic carbocycles. The Morgan fingerprint density at radius 3 is 2.95 bits per heavy atom. The van der Waals surface area contributed by atoms with Gasteiger partial charge in [0.25, 0.3) is 5.91 Å². The molecule has 0 unspecified atom stereocenters. The van der Waals surface area contributed by atoms with E-state index in [2.05, 4.69) is 22.9 Å². The van der Waals surface area contributed by atoms with Crippen molar-refractivity contribution in [3.05, 3.63) is 29.6 Å². The minimum atomic E-state index is -0.165. The normalized spacial score (nSPS) is 13.0. The number of nitrogens with zero attached hydrogens (tertiary/aromatic N) is 3. The van der Waals surface area contributed by atoms with Crippen molar-refractivity contribution in [3.63, 3.8) is 0 Å². The zero-order valence-electron chi connectivity index (χ0n) is 11.7. The van der Waals surface area contributed by atoms with E-state index >= 15 is 0 Å². The van der Waals surface area contributed by atoms with Crippen molar-refractivity contribution in [1.82, 2.24) is 9.88 Å². The highest BCUT2D eigenvalue weighted by Gasteiger charge is 2.33. The van der Waals surface area contributed by atoms with E-state index < -0.39 is 0 Å². The molecule has 0 atom stereocenters. The molecule has 0 aliphatic heterocycles. The van der Waals surface area contributed by atoms with E-state index in [1.165, 1.54) is 0 Å². The van der Waals surface area contributed by atoms with Gasteiger partial charge in [-0.05, 0) is 25.0 Å². The SMILES string of the molecule is N#CCCN(C(=O)c1ncccc1C#CCCO)C1CC1. The lowest BCUT2D eigenvalue weighted by Crippen LogP contribution is -2.35. The molecule has 1 aliphatic rings. The summed E-state index contributed by atoms with van der Waals surface area (Å²) in [5, 5.41) is 17.5. The smallest absolute Gasteiger partial charge is 0.274 e. The average molecular weight is 283 g/mol. The second-order valence-corrected chi connectivity index (χ2v) is 4.81. The maximum absolute atomic E-state index is 12.6. The molecule has 1 fully saturated rings. The number of hydrogen-bond donors (Lipinski definition) is 1. The van der Waals surface area contributed by atoms with Gasteiger partial charge < -0.3 is 10.0 Å². The highest BCUT2D eigenvalue weighted by atomic mass is 16.2. The van der Waals surface area contributed by atoms with Crippen LogP contribution in [0.15, 0.2) is 18.3 Å². The summed E-state index contributed by atoms with van der Waals surface area (Å²) in [5.74, 6) is 5.53. The fraction of sp³-hybridized carbons (Fsp3) is 0.438. The third-order valence-electron chi connectivity index (χ3n) is 3.18. The van der Waals surface area contributed by atoms with Crippen molar-refractivity contribution in [3.8, 4) is 17.9 Å². The average Bonchev–Trinajstić information content (AvgIpc) is 3.33. The zero-order chi connectivity index (χ0) is 15.1. The van der Waals surface area contributed by atoms with Crippen LogP contribution in [0.1, 0.15) is 41.7 Å². The Labute approximate surface area is 124 Å². The van der Waals surface area contributed by atoms with Crippen LogP contribution in [0.2, 0.25) is 0 Å². The number of aromatic nitrogens is 1. The van der Waals surface area contributed by atoms with Crippen molar-refractivity contribution in [2.24, 2.45) is 0 Å². The van der Waals surface area contributed by atoms with Gasteiger partial charge in [-0.2, -0.15) is 5.26 Å². The molecule has 1 N–H and O–H groups in total. The Hall–Kier alpha value is -2.37. The van der Waals surface area contributed by atoms with E-state index in [9.17, 15) is 4.79 Å². The van der Waals surface area contributed by atoms with Crippen molar-refractivity contribution in [2.75, 3.05) is 13.2 Å². The van der Waals surface area contributed by atoms with Crippen LogP contribution in [0.5, 0.6) is 0 Å². The van der Waals surface area contributed by atoms with Gasteiger partial charge in [-0.15, -0.1) is 0 Å². The van der Waals surface area contributed by atoms with E-state index in [0.29, 0.717) is 30.6 Å². The second-order valence-electron chi connectivity index (χ2n) is 4.81. The Morgan fingerprint density at radius 2 is 2.29 bits per heavy atom. The zero-order valence-corrected chi connectivity index (χ0v) is 11.7. The van der Waals surface area contributed by atoms with Crippen LogP contribution in [0.3, 0.4) is 0 Å². The number of amides is 1. The fourth-order valence-corrected chi connectivity index (χ4v) is 2.03. The van der Waals surface area contributed by atoms with Crippen molar-refractivity contribution < 1.29 is 9.90 Å². The van der Waals surface area contributed by atoms with Gasteiger partial charge in [-0.3, -0.25) is 4.79 Å². The van der Waals surface area contributed by atoms with Gasteiger partial charge in [-0.1, -0.05) is 11.8 Å². The molecule has 0 saturated heterocycles. The van der Waals surface area contributed by atoms with Gasteiger partial charge in [0.1, 0.15) is 5.69 Å². The number of aliphatic hydroxyl groups is 1. The van der Waals surface area contributed by atoms with Crippen LogP contribution in [-0.4, -0.2) is 40.1 Å². The summed E-state index contributed by atoms with van der Waals surface area (Å²) in [6, 6.07) is 5.78. The predicted molar refractivity (Wildman–Crippen MR) is 77.1 cm³/mol. The topological polar surface area (TPSA) is 77.2 Å². The van der Waals surface area contributed by atoms with Crippen molar-refractivity contribution in [2.45, 2.75) is 31.7 Å². The van der Waals surface area contributed by atoms with Crippen molar-refractivity contribution in [1.29, 1.82) is 5.26 Å². The fourth-order valence-electron chi connectivity index (χ4n) is 2.03. The number of hydrogen-bond acceptors (Lipinski definition) is 4. The van der Waals surface area contributed by atoms with Gasteiger partial charge in [0.15, 0.2) is 0 Å². The summed E-state index contributed by atoms with van der Waals surface area (Å²) >= 11 is 0. The molecule has 21 heavy (non-hydrogen) atoms. The Balaban J connectivity index is 2.21. The predicted octanol–water partition coefficient (Wildman–Crippen LogP) is 1.33. The molecular formula is C16H17N3O2. The van der Waals surface area contributed by atoms with E-state index in [1.54, 1.807) is 23.2 Å². The quantitative estimate of drug-likeness (QED) is 0.827. The Bertz CT molecular complexity index is 606. The molecule has 1 aromatic rings. The number of nitriles is 1. The van der Waals surface area contributed by atoms with Crippen LogP contribution in [0.4, 0.5) is 0 Å². The molecule has 0 radical (unpaired) electrons. The maximum atomic E-state index is 12.6. The molecule has 2 rings (SSSR count). The Kier molecular flexibility index (Phi) is 5.31. The van der Waals surface area contributed by atoms with Crippen molar-refractivity contribution >= 4 is 5.91 Å². The summed E-state index contributed by atoms with van der Waals surface area (Å²) in [6.45, 7) is 0.424. The third-order valence-corrected chi connectivity index (χ3v) is 3.18. The lowest BCUT2D eigenvalue weighted by atomic mass is 10.1. The minimum absolute atomic E-state index is 0.00703. The highest BCUT2D eigenvalue weighted by molar-refractivity contribution is 5.95. The van der Waals surface area contributed by atoms with Gasteiger partial charge in [0.2, 0.25) is 0 Å². The first-order valence-electron chi connectivity index (χ1n) is 7.00. The van der Waals surface area contributed by atoms with Gasteiger partial charge >= 0.3 is 0 Å². The van der Waals surface area contributed by atoms with E-state index in [0.717, 1.165) is 12.8 Å². The lowest BCUT2D eigenvalue weighted by Gasteiger charge is -2.21. The molecule has 5 nitrogen and oxygen atoms in total. The Morgan fingerprint density at radius 1 is 1.48 bits per heavy atom. The first kappa shape index (κ1) is 15.0. The summed E-state index contributed by atoms with van der Waals surface area (Å²) in [5.41, 5.74) is 0.895. The second kappa shape index (κ2) is 7.42. The van der Waals surface area contributed by atoms with E-state index in [4.69, 9.17) is 10.4 Å². The summed E-state index contributed by atoms with van der Waals surface area (Å²) in [7, 11) is 0. The molecule has 1 amide bonds. The van der Waals surface area contributed by atoms with Gasteiger partial charge in [0.05, 0.1) is 24.7 Å². The summed E-state index contributed by atoms with van der Waals surface area (Å²) in [6.07, 6.45) is 4.22. The lowest BCUT2D eigenvalue weighted by molar-refractivity contribution is 0.0740. The monoisotopic (exact) mass is 283 g/mol. The third kappa shape index (κ3) is 4.05. The first-order valence-corrected chi connectivity index (χ1v) is 7.00. The van der Waals surface area contributed by atoms with Crippen LogP contribution in [0, 0.1) is 23.2 Å². The van der Waals surface area contributed by atoms with Gasteiger partial charge in [0, 0.05) is 25.2 Å². The molecule has 0 spiro atoms. The largest absolute Gasteiger partial charge is 0.395 e. The minimum Gasteiger partial charge on any atom is -0.395 e. The molecule has 1 aromatic heterocycles. The summed E-state index contributed by atoms with van der Waals surface area (Å²) < 4.78 is 0. The number of carbonyl (C=O) groups is 1. The van der Waals surface area contributed by atoms with E-state index in [1.807, 2.05) is 0 Å². The first-order chi connectivity index (χ1) is 10.3. The molecule has 5 heteroatoms. The van der Waals surface area contributed by atoms with Crippen LogP contribution >= 0.6 is 0 Å². The van der Waals surface area contributed by atoms with E-state index in [-0.39, 0.29) is 18.6 Å². The number of pyridine rings is 1. The summed E-state index contributed by atoms with van der Waals surface area (Å²) in [4.78, 5) is 18.5. The molecular weight excluding hydrogens is 266 g/mol. The molecule has 108 valence electrons. The number of aliphatic hydroxyl groups excluding tert-OH is 1. The van der Waals surface area contributed by atoms with Crippen LogP contribution in [0.25, 0.3) is 0 Å². The molecule has 0 bridgehead atoms. The van der Waals surface area contributed by atoms with Gasteiger partial charge in [-0.25, -0.2) is 4.98 Å². The standard InChI is InChI=1S/C16H17N3O2/c17-9-4-11-19(14-7-8-14)16(21)15-13(5-1-2-12-20)6-3-10-18-15/h3,6,10,14,20H,2,4,7-8,11-12H2. The number of rotatable bonds is 5. The molecule has 1 saturated carbocycles. The molecule has 1 heterocycles. The highest BCUT2D eigenvalue weighted by Crippen LogP contribution is 2.28. The maximum Gasteiger partial charge on any atom is 0.274 e.